The summed E-state index contributed by atoms with van der Waals surface area (Å²) in [6, 6.07) is 13.8. The standard InChI is InChI=1S/C19H19N3O4/c23-17-9-8-16(22-17)20-11-18(24)21-13-6-7-14(19(25)26)15(10-13)12-4-2-1-3-5-12/h1-7,10,16,20H,8-9,11H2,(H,21,24)(H,22,23)(H,25,26)/t16-/m0/s1. The fraction of sp³-hybridized carbons (Fsp3) is 0.211. The fourth-order valence-corrected chi connectivity index (χ4v) is 2.85. The van der Waals surface area contributed by atoms with E-state index in [0.717, 1.165) is 5.56 Å². The molecule has 0 spiro atoms. The van der Waals surface area contributed by atoms with Crippen LogP contribution in [0.4, 0.5) is 5.69 Å². The van der Waals surface area contributed by atoms with Crippen LogP contribution in [0.5, 0.6) is 0 Å². The van der Waals surface area contributed by atoms with Gasteiger partial charge in [-0.3, -0.25) is 14.9 Å². The van der Waals surface area contributed by atoms with Crippen LogP contribution in [0.3, 0.4) is 0 Å². The quantitative estimate of drug-likeness (QED) is 0.634. The van der Waals surface area contributed by atoms with Crippen molar-refractivity contribution in [1.82, 2.24) is 10.6 Å². The molecule has 2 aromatic carbocycles. The molecule has 1 atom stereocenters. The van der Waals surface area contributed by atoms with Crippen molar-refractivity contribution in [3.8, 4) is 11.1 Å². The number of carbonyl (C=O) groups excluding carboxylic acids is 2. The van der Waals surface area contributed by atoms with Crippen LogP contribution in [0, 0.1) is 0 Å². The molecule has 7 nitrogen and oxygen atoms in total. The molecule has 1 aliphatic heterocycles. The fourth-order valence-electron chi connectivity index (χ4n) is 2.85. The number of hydrogen-bond acceptors (Lipinski definition) is 4. The van der Waals surface area contributed by atoms with Crippen LogP contribution in [-0.4, -0.2) is 35.6 Å². The summed E-state index contributed by atoms with van der Waals surface area (Å²) < 4.78 is 0. The lowest BCUT2D eigenvalue weighted by Crippen LogP contribution is -2.42. The van der Waals surface area contributed by atoms with Crippen molar-refractivity contribution >= 4 is 23.5 Å². The van der Waals surface area contributed by atoms with Crippen molar-refractivity contribution in [2.45, 2.75) is 19.0 Å². The molecule has 0 unspecified atom stereocenters. The number of anilines is 1. The van der Waals surface area contributed by atoms with Gasteiger partial charge in [-0.15, -0.1) is 0 Å². The largest absolute Gasteiger partial charge is 0.478 e. The molecule has 0 bridgehead atoms. The summed E-state index contributed by atoms with van der Waals surface area (Å²) in [7, 11) is 0. The maximum absolute atomic E-state index is 12.1. The second kappa shape index (κ2) is 7.79. The third-order valence-electron chi connectivity index (χ3n) is 4.12. The Morgan fingerprint density at radius 2 is 1.92 bits per heavy atom. The topological polar surface area (TPSA) is 108 Å². The molecule has 7 heteroatoms. The lowest BCUT2D eigenvalue weighted by atomic mass is 9.99. The smallest absolute Gasteiger partial charge is 0.336 e. The Labute approximate surface area is 150 Å². The van der Waals surface area contributed by atoms with E-state index in [1.807, 2.05) is 30.3 Å². The highest BCUT2D eigenvalue weighted by atomic mass is 16.4. The van der Waals surface area contributed by atoms with E-state index in [1.165, 1.54) is 6.07 Å². The van der Waals surface area contributed by atoms with Crippen molar-refractivity contribution < 1.29 is 19.5 Å². The van der Waals surface area contributed by atoms with Crippen LogP contribution < -0.4 is 16.0 Å². The van der Waals surface area contributed by atoms with Crippen molar-refractivity contribution in [3.63, 3.8) is 0 Å². The Hall–Kier alpha value is -3.19. The minimum Gasteiger partial charge on any atom is -0.478 e. The molecule has 3 rings (SSSR count). The third-order valence-corrected chi connectivity index (χ3v) is 4.12. The molecule has 0 radical (unpaired) electrons. The van der Waals surface area contributed by atoms with Gasteiger partial charge in [-0.25, -0.2) is 4.79 Å². The molecule has 0 saturated carbocycles. The van der Waals surface area contributed by atoms with Gasteiger partial charge in [0.05, 0.1) is 18.3 Å². The monoisotopic (exact) mass is 353 g/mol. The van der Waals surface area contributed by atoms with E-state index in [1.54, 1.807) is 12.1 Å². The van der Waals surface area contributed by atoms with E-state index in [9.17, 15) is 19.5 Å². The average Bonchev–Trinajstić information content (AvgIpc) is 3.06. The Bertz CT molecular complexity index is 836. The molecule has 0 aromatic heterocycles. The van der Waals surface area contributed by atoms with Crippen LogP contribution in [0.2, 0.25) is 0 Å². The summed E-state index contributed by atoms with van der Waals surface area (Å²) in [5.41, 5.74) is 1.97. The number of carboxylic acids is 1. The Balaban J connectivity index is 1.71. The predicted octanol–water partition coefficient (Wildman–Crippen LogP) is 1.82. The molecule has 1 saturated heterocycles. The summed E-state index contributed by atoms with van der Waals surface area (Å²) in [5.74, 6) is -1.33. The molecule has 1 fully saturated rings. The number of hydrogen-bond donors (Lipinski definition) is 4. The third kappa shape index (κ3) is 4.25. The first-order valence-corrected chi connectivity index (χ1v) is 8.28. The van der Waals surface area contributed by atoms with Crippen LogP contribution in [0.15, 0.2) is 48.5 Å². The highest BCUT2D eigenvalue weighted by Crippen LogP contribution is 2.27. The van der Waals surface area contributed by atoms with Gasteiger partial charge in [0.25, 0.3) is 0 Å². The van der Waals surface area contributed by atoms with Gasteiger partial charge >= 0.3 is 5.97 Å². The number of amides is 2. The lowest BCUT2D eigenvalue weighted by Gasteiger charge is -2.13. The van der Waals surface area contributed by atoms with E-state index in [0.29, 0.717) is 24.1 Å². The summed E-state index contributed by atoms with van der Waals surface area (Å²) in [6.07, 6.45) is 0.913. The highest BCUT2D eigenvalue weighted by molar-refractivity contribution is 5.99. The molecular weight excluding hydrogens is 334 g/mol. The molecule has 1 heterocycles. The van der Waals surface area contributed by atoms with Gasteiger partial charge in [0.1, 0.15) is 0 Å². The molecule has 1 aliphatic rings. The summed E-state index contributed by atoms with van der Waals surface area (Å²) >= 11 is 0. The minimum absolute atomic E-state index is 0.0281. The summed E-state index contributed by atoms with van der Waals surface area (Å²) in [5, 5.41) is 17.8. The number of carboxylic acid groups (broad SMARTS) is 1. The first kappa shape index (κ1) is 17.6. The normalized spacial score (nSPS) is 16.2. The van der Waals surface area contributed by atoms with Gasteiger partial charge in [0, 0.05) is 12.1 Å². The molecule has 2 aromatic rings. The summed E-state index contributed by atoms with van der Waals surface area (Å²) in [4.78, 5) is 34.7. The number of aromatic carboxylic acids is 1. The number of carbonyl (C=O) groups is 3. The van der Waals surface area contributed by atoms with E-state index in [2.05, 4.69) is 16.0 Å². The van der Waals surface area contributed by atoms with E-state index >= 15 is 0 Å². The zero-order valence-electron chi connectivity index (χ0n) is 14.0. The second-order valence-electron chi connectivity index (χ2n) is 6.02. The van der Waals surface area contributed by atoms with Crippen LogP contribution in [-0.2, 0) is 9.59 Å². The van der Waals surface area contributed by atoms with Gasteiger partial charge in [0.2, 0.25) is 11.8 Å². The maximum atomic E-state index is 12.1. The summed E-state index contributed by atoms with van der Waals surface area (Å²) in [6.45, 7) is 0.0479. The Morgan fingerprint density at radius 1 is 1.15 bits per heavy atom. The molecule has 4 N–H and O–H groups in total. The lowest BCUT2D eigenvalue weighted by molar-refractivity contribution is -0.120. The molecule has 26 heavy (non-hydrogen) atoms. The van der Waals surface area contributed by atoms with Crippen LogP contribution in [0.25, 0.3) is 11.1 Å². The predicted molar refractivity (Wildman–Crippen MR) is 96.6 cm³/mol. The van der Waals surface area contributed by atoms with Gasteiger partial charge in [0.15, 0.2) is 0 Å². The molecule has 134 valence electrons. The molecule has 0 aliphatic carbocycles. The van der Waals surface area contributed by atoms with Crippen molar-refractivity contribution in [2.24, 2.45) is 0 Å². The average molecular weight is 353 g/mol. The van der Waals surface area contributed by atoms with Crippen LogP contribution >= 0.6 is 0 Å². The first-order valence-electron chi connectivity index (χ1n) is 8.28. The molecular formula is C19H19N3O4. The van der Waals surface area contributed by atoms with E-state index in [4.69, 9.17) is 0 Å². The van der Waals surface area contributed by atoms with E-state index in [-0.39, 0.29) is 30.1 Å². The van der Waals surface area contributed by atoms with Crippen molar-refractivity contribution in [1.29, 1.82) is 0 Å². The first-order chi connectivity index (χ1) is 12.5. The maximum Gasteiger partial charge on any atom is 0.336 e. The van der Waals surface area contributed by atoms with E-state index < -0.39 is 5.97 Å². The number of rotatable bonds is 6. The number of benzene rings is 2. The Morgan fingerprint density at radius 3 is 2.58 bits per heavy atom. The van der Waals surface area contributed by atoms with Gasteiger partial charge < -0.3 is 15.7 Å². The van der Waals surface area contributed by atoms with Gasteiger partial charge in [-0.1, -0.05) is 30.3 Å². The Kier molecular flexibility index (Phi) is 5.28. The van der Waals surface area contributed by atoms with Crippen LogP contribution in [0.1, 0.15) is 23.2 Å². The molecule has 2 amide bonds. The van der Waals surface area contributed by atoms with Gasteiger partial charge in [-0.2, -0.15) is 0 Å². The minimum atomic E-state index is -1.03. The van der Waals surface area contributed by atoms with Crippen molar-refractivity contribution in [3.05, 3.63) is 54.1 Å². The zero-order chi connectivity index (χ0) is 18.5. The highest BCUT2D eigenvalue weighted by Gasteiger charge is 2.20. The van der Waals surface area contributed by atoms with Gasteiger partial charge in [-0.05, 0) is 35.7 Å². The van der Waals surface area contributed by atoms with Crippen molar-refractivity contribution in [2.75, 3.05) is 11.9 Å². The number of nitrogens with one attached hydrogen (secondary N) is 3. The second-order valence-corrected chi connectivity index (χ2v) is 6.02. The zero-order valence-corrected chi connectivity index (χ0v) is 14.0. The SMILES string of the molecule is O=C(CN[C@@H]1CCC(=O)N1)Nc1ccc(C(=O)O)c(-c2ccccc2)c1.